The molecule has 1 aliphatic rings. The van der Waals surface area contributed by atoms with Crippen molar-refractivity contribution in [3.05, 3.63) is 58.5 Å². The fourth-order valence-electron chi connectivity index (χ4n) is 3.62. The number of aromatic nitrogens is 2. The molecule has 2 N–H and O–H groups in total. The lowest BCUT2D eigenvalue weighted by atomic mass is 9.99. The molecule has 1 fully saturated rings. The van der Waals surface area contributed by atoms with E-state index in [-0.39, 0.29) is 17.9 Å². The zero-order valence-corrected chi connectivity index (χ0v) is 20.0. The van der Waals surface area contributed by atoms with Gasteiger partial charge in [-0.2, -0.15) is 0 Å². The van der Waals surface area contributed by atoms with Crippen molar-refractivity contribution >= 4 is 46.4 Å². The summed E-state index contributed by atoms with van der Waals surface area (Å²) in [5.41, 5.74) is 1.44. The number of likely N-dealkylation sites (tertiary alicyclic amines) is 1. The Morgan fingerprint density at radius 3 is 2.70 bits per heavy atom. The van der Waals surface area contributed by atoms with Crippen LogP contribution in [0.25, 0.3) is 0 Å². The highest BCUT2D eigenvalue weighted by atomic mass is 32.2. The van der Waals surface area contributed by atoms with Gasteiger partial charge >= 0.3 is 6.03 Å². The van der Waals surface area contributed by atoms with Gasteiger partial charge < -0.3 is 20.3 Å². The van der Waals surface area contributed by atoms with Gasteiger partial charge in [0.25, 0.3) is 5.91 Å². The molecule has 3 aromatic rings. The number of benzene rings is 2. The van der Waals surface area contributed by atoms with Gasteiger partial charge in [-0.1, -0.05) is 17.4 Å². The van der Waals surface area contributed by atoms with E-state index in [9.17, 15) is 9.59 Å². The Hall–Kier alpha value is -3.11. The van der Waals surface area contributed by atoms with Gasteiger partial charge in [0, 0.05) is 35.3 Å². The van der Waals surface area contributed by atoms with E-state index in [1.807, 2.05) is 30.5 Å². The third kappa shape index (κ3) is 5.82. The smallest absolute Gasteiger partial charge is 0.321 e. The van der Waals surface area contributed by atoms with Crippen molar-refractivity contribution < 1.29 is 14.3 Å². The summed E-state index contributed by atoms with van der Waals surface area (Å²) in [7, 11) is 1.59. The minimum atomic E-state index is -0.303. The van der Waals surface area contributed by atoms with Crippen molar-refractivity contribution in [1.29, 1.82) is 0 Å². The van der Waals surface area contributed by atoms with Crippen LogP contribution in [0.4, 0.5) is 16.2 Å². The van der Waals surface area contributed by atoms with Gasteiger partial charge in [0.05, 0.1) is 7.11 Å². The van der Waals surface area contributed by atoms with Crippen molar-refractivity contribution in [3.63, 3.8) is 0 Å². The number of hydrogen-bond acceptors (Lipinski definition) is 7. The monoisotopic (exact) mass is 483 g/mol. The standard InChI is InChI=1S/C23H25N5O3S2/c1-31-18-10-8-16(9-11-18)24-20(29)22-27-26-21(33-22)15-5-4-12-28(14-15)23(30)25-17-6-3-7-19(13-17)32-2/h3,6-11,13,15H,4-5,12,14H2,1-2H3,(H,24,29)(H,25,30)/t15-/m1/s1. The van der Waals surface area contributed by atoms with Crippen LogP contribution in [0.1, 0.15) is 33.6 Å². The predicted molar refractivity (Wildman–Crippen MR) is 132 cm³/mol. The molecule has 0 bridgehead atoms. The highest BCUT2D eigenvalue weighted by Crippen LogP contribution is 2.30. The average Bonchev–Trinajstić information content (AvgIpc) is 3.35. The molecule has 1 saturated heterocycles. The van der Waals surface area contributed by atoms with Crippen LogP contribution in [0.2, 0.25) is 0 Å². The summed E-state index contributed by atoms with van der Waals surface area (Å²) < 4.78 is 5.13. The van der Waals surface area contributed by atoms with E-state index in [0.29, 0.717) is 29.5 Å². The third-order valence-electron chi connectivity index (χ3n) is 5.36. The Bertz CT molecular complexity index is 1120. The number of piperidine rings is 1. The number of anilines is 2. The van der Waals surface area contributed by atoms with Gasteiger partial charge in [-0.25, -0.2) is 4.79 Å². The Morgan fingerprint density at radius 2 is 1.94 bits per heavy atom. The van der Waals surface area contributed by atoms with Crippen molar-refractivity contribution in [1.82, 2.24) is 15.1 Å². The summed E-state index contributed by atoms with van der Waals surface area (Å²) in [6.07, 6.45) is 3.78. The van der Waals surface area contributed by atoms with E-state index >= 15 is 0 Å². The molecule has 0 spiro atoms. The molecule has 1 atom stereocenters. The van der Waals surface area contributed by atoms with Gasteiger partial charge in [-0.3, -0.25) is 4.79 Å². The molecule has 33 heavy (non-hydrogen) atoms. The molecule has 1 aromatic heterocycles. The fourth-order valence-corrected chi connectivity index (χ4v) is 4.94. The Kier molecular flexibility index (Phi) is 7.46. The number of nitrogens with zero attached hydrogens (tertiary/aromatic N) is 3. The van der Waals surface area contributed by atoms with Crippen LogP contribution in [0.3, 0.4) is 0 Å². The number of ether oxygens (including phenoxy) is 1. The zero-order chi connectivity index (χ0) is 23.2. The van der Waals surface area contributed by atoms with Crippen LogP contribution in [0, 0.1) is 0 Å². The Morgan fingerprint density at radius 1 is 1.12 bits per heavy atom. The fraction of sp³-hybridized carbons (Fsp3) is 0.304. The summed E-state index contributed by atoms with van der Waals surface area (Å²) in [4.78, 5) is 28.3. The number of thioether (sulfide) groups is 1. The minimum Gasteiger partial charge on any atom is -0.497 e. The van der Waals surface area contributed by atoms with E-state index in [1.165, 1.54) is 11.3 Å². The first-order chi connectivity index (χ1) is 16.1. The molecule has 2 aromatic carbocycles. The first-order valence-electron chi connectivity index (χ1n) is 10.5. The number of carbonyl (C=O) groups is 2. The molecule has 0 unspecified atom stereocenters. The van der Waals surface area contributed by atoms with Crippen molar-refractivity contribution in [2.24, 2.45) is 0 Å². The van der Waals surface area contributed by atoms with Gasteiger partial charge in [-0.05, 0) is 61.6 Å². The van der Waals surface area contributed by atoms with Gasteiger partial charge in [-0.15, -0.1) is 22.0 Å². The summed E-state index contributed by atoms with van der Waals surface area (Å²) >= 11 is 2.91. The number of methoxy groups -OCH3 is 1. The van der Waals surface area contributed by atoms with Crippen molar-refractivity contribution in [2.75, 3.05) is 37.1 Å². The number of nitrogens with one attached hydrogen (secondary N) is 2. The highest BCUT2D eigenvalue weighted by Gasteiger charge is 2.28. The molecular weight excluding hydrogens is 458 g/mol. The van der Waals surface area contributed by atoms with Crippen LogP contribution in [-0.4, -0.2) is 53.5 Å². The summed E-state index contributed by atoms with van der Waals surface area (Å²) in [5.74, 6) is 0.471. The Labute approximate surface area is 200 Å². The van der Waals surface area contributed by atoms with Gasteiger partial charge in [0.1, 0.15) is 10.8 Å². The number of rotatable bonds is 6. The number of urea groups is 1. The molecule has 10 heteroatoms. The molecule has 1 aliphatic heterocycles. The number of carbonyl (C=O) groups excluding carboxylic acids is 2. The molecule has 172 valence electrons. The summed E-state index contributed by atoms with van der Waals surface area (Å²) in [6.45, 7) is 1.23. The average molecular weight is 484 g/mol. The second-order valence-electron chi connectivity index (χ2n) is 7.58. The molecule has 0 saturated carbocycles. The quantitative estimate of drug-likeness (QED) is 0.483. The Balaban J connectivity index is 1.37. The normalized spacial score (nSPS) is 15.7. The lowest BCUT2D eigenvalue weighted by Crippen LogP contribution is -2.41. The summed E-state index contributed by atoms with van der Waals surface area (Å²) in [5, 5.41) is 15.2. The molecule has 2 heterocycles. The second kappa shape index (κ2) is 10.7. The largest absolute Gasteiger partial charge is 0.497 e. The van der Waals surface area contributed by atoms with Crippen LogP contribution >= 0.6 is 23.1 Å². The minimum absolute atomic E-state index is 0.0575. The predicted octanol–water partition coefficient (Wildman–Crippen LogP) is 4.93. The molecule has 3 amide bonds. The van der Waals surface area contributed by atoms with E-state index in [2.05, 4.69) is 20.8 Å². The zero-order valence-electron chi connectivity index (χ0n) is 18.4. The molecular formula is C23H25N5O3S2. The van der Waals surface area contributed by atoms with Crippen LogP contribution in [0.5, 0.6) is 5.75 Å². The molecule has 4 rings (SSSR count). The third-order valence-corrected chi connectivity index (χ3v) is 7.17. The highest BCUT2D eigenvalue weighted by molar-refractivity contribution is 7.98. The lowest BCUT2D eigenvalue weighted by Gasteiger charge is -2.31. The van der Waals surface area contributed by atoms with E-state index < -0.39 is 0 Å². The SMILES string of the molecule is COc1ccc(NC(=O)c2nnc([C@@H]3CCCN(C(=O)Nc4cccc(SC)c4)C3)s2)cc1. The molecule has 8 nitrogen and oxygen atoms in total. The van der Waals surface area contributed by atoms with E-state index in [4.69, 9.17) is 4.74 Å². The lowest BCUT2D eigenvalue weighted by molar-refractivity contribution is 0.102. The topological polar surface area (TPSA) is 96.4 Å². The summed E-state index contributed by atoms with van der Waals surface area (Å²) in [6, 6.07) is 14.8. The maximum atomic E-state index is 12.8. The van der Waals surface area contributed by atoms with Gasteiger partial charge in [0.15, 0.2) is 0 Å². The first-order valence-corrected chi connectivity index (χ1v) is 12.6. The first kappa shape index (κ1) is 23.1. The van der Waals surface area contributed by atoms with Crippen LogP contribution in [-0.2, 0) is 0 Å². The van der Waals surface area contributed by atoms with Crippen LogP contribution < -0.4 is 15.4 Å². The number of amides is 3. The molecule has 0 radical (unpaired) electrons. The molecule has 0 aliphatic carbocycles. The maximum absolute atomic E-state index is 12.8. The van der Waals surface area contributed by atoms with Crippen molar-refractivity contribution in [2.45, 2.75) is 23.7 Å². The number of hydrogen-bond donors (Lipinski definition) is 2. The van der Waals surface area contributed by atoms with Crippen molar-refractivity contribution in [3.8, 4) is 5.75 Å². The second-order valence-corrected chi connectivity index (χ2v) is 9.46. The van der Waals surface area contributed by atoms with Crippen LogP contribution in [0.15, 0.2) is 53.4 Å². The van der Waals surface area contributed by atoms with E-state index in [1.54, 1.807) is 48.0 Å². The maximum Gasteiger partial charge on any atom is 0.321 e. The van der Waals surface area contributed by atoms with Gasteiger partial charge in [0.2, 0.25) is 5.01 Å². The van der Waals surface area contributed by atoms with E-state index in [0.717, 1.165) is 28.4 Å².